The zero-order valence-electron chi connectivity index (χ0n) is 5.52. The molecule has 2 heteroatoms. The molecule has 1 aliphatic rings. The van der Waals surface area contributed by atoms with Crippen molar-refractivity contribution in [3.05, 3.63) is 23.4 Å². The van der Waals surface area contributed by atoms with E-state index in [4.69, 9.17) is 0 Å². The monoisotopic (exact) mass is 148 g/mol. The first-order valence-electron chi connectivity index (χ1n) is 3.16. The molecule has 1 aliphatic carbocycles. The summed E-state index contributed by atoms with van der Waals surface area (Å²) < 4.78 is 0. The molecule has 0 atom stereocenters. The summed E-state index contributed by atoms with van der Waals surface area (Å²) in [7, 11) is -0.424. The first-order chi connectivity index (χ1) is 3.80. The Kier molecular flexibility index (Phi) is 4.85. The van der Waals surface area contributed by atoms with Gasteiger partial charge in [0.1, 0.15) is 0 Å². The van der Waals surface area contributed by atoms with Crippen LogP contribution in [0.2, 0.25) is 13.1 Å². The molecule has 0 amide bonds. The third-order valence-electron chi connectivity index (χ3n) is 1.54. The molecule has 0 nitrogen and oxygen atoms in total. The van der Waals surface area contributed by atoms with Crippen molar-refractivity contribution in [2.24, 2.45) is 0 Å². The van der Waals surface area contributed by atoms with E-state index in [0.717, 1.165) is 0 Å². The van der Waals surface area contributed by atoms with Gasteiger partial charge in [0, 0.05) is 0 Å². The fourth-order valence-electron chi connectivity index (χ4n) is 0.892. The molecule has 1 rings (SSSR count). The quantitative estimate of drug-likeness (QED) is 0.491. The molecule has 0 unspecified atom stereocenters. The van der Waals surface area contributed by atoms with Gasteiger partial charge in [-0.15, -0.1) is 0 Å². The van der Waals surface area contributed by atoms with Gasteiger partial charge < -0.3 is 0 Å². The van der Waals surface area contributed by atoms with E-state index in [1.54, 1.807) is 5.20 Å². The number of hydrogen-bond donors (Lipinski definition) is 0. The van der Waals surface area contributed by atoms with E-state index in [1.807, 2.05) is 0 Å². The number of allylic oxidation sites excluding steroid dienone is 4. The van der Waals surface area contributed by atoms with Gasteiger partial charge in [-0.05, 0) is 6.42 Å². The van der Waals surface area contributed by atoms with Crippen molar-refractivity contribution in [1.82, 2.24) is 0 Å². The Morgan fingerprint density at radius 3 is 2.33 bits per heavy atom. The van der Waals surface area contributed by atoms with Gasteiger partial charge in [-0.25, -0.2) is 0 Å². The second kappa shape index (κ2) is 4.50. The predicted octanol–water partition coefficient (Wildman–Crippen LogP) is 1.25. The van der Waals surface area contributed by atoms with Gasteiger partial charge in [-0.1, -0.05) is 36.5 Å². The standard InChI is InChI=1S/C7H12Si.Na.H/c1-8(2)7-5-3-4-6-7;;/h3-5,8H,6H2,1-2H3;;. The van der Waals surface area contributed by atoms with E-state index in [-0.39, 0.29) is 29.6 Å². The van der Waals surface area contributed by atoms with Crippen molar-refractivity contribution < 1.29 is 0 Å². The molecule has 0 bridgehead atoms. The summed E-state index contributed by atoms with van der Waals surface area (Å²) in [6.07, 6.45) is 7.92. The summed E-state index contributed by atoms with van der Waals surface area (Å²) in [5.74, 6) is 0. The Morgan fingerprint density at radius 2 is 2.11 bits per heavy atom. The van der Waals surface area contributed by atoms with Crippen LogP contribution in [0.3, 0.4) is 0 Å². The first-order valence-corrected chi connectivity index (χ1v) is 6.05. The molecule has 0 saturated carbocycles. The van der Waals surface area contributed by atoms with E-state index in [9.17, 15) is 0 Å². The fourth-order valence-corrected chi connectivity index (χ4v) is 2.00. The first kappa shape index (κ1) is 9.70. The van der Waals surface area contributed by atoms with Gasteiger partial charge in [0.2, 0.25) is 0 Å². The second-order valence-corrected chi connectivity index (χ2v) is 5.58. The zero-order valence-corrected chi connectivity index (χ0v) is 6.67. The van der Waals surface area contributed by atoms with Gasteiger partial charge >= 0.3 is 29.6 Å². The Morgan fingerprint density at radius 1 is 1.44 bits per heavy atom. The van der Waals surface area contributed by atoms with Crippen LogP contribution in [-0.4, -0.2) is 38.4 Å². The molecule has 0 aromatic carbocycles. The molecule has 9 heavy (non-hydrogen) atoms. The zero-order chi connectivity index (χ0) is 5.98. The van der Waals surface area contributed by atoms with E-state index >= 15 is 0 Å². The molecule has 0 aromatic heterocycles. The average molecular weight is 148 g/mol. The Labute approximate surface area is 80.9 Å². The van der Waals surface area contributed by atoms with Crippen molar-refractivity contribution in [2.45, 2.75) is 19.5 Å². The van der Waals surface area contributed by atoms with Crippen LogP contribution in [0.15, 0.2) is 23.4 Å². The summed E-state index contributed by atoms with van der Waals surface area (Å²) in [5.41, 5.74) is 0. The van der Waals surface area contributed by atoms with Crippen molar-refractivity contribution >= 4 is 38.4 Å². The average Bonchev–Trinajstić information content (AvgIpc) is 2.12. The van der Waals surface area contributed by atoms with E-state index in [1.165, 1.54) is 6.42 Å². The summed E-state index contributed by atoms with van der Waals surface area (Å²) in [4.78, 5) is 0. The molecule has 0 aliphatic heterocycles. The topological polar surface area (TPSA) is 0 Å². The number of hydrogen-bond acceptors (Lipinski definition) is 0. The third-order valence-corrected chi connectivity index (χ3v) is 3.45. The van der Waals surface area contributed by atoms with E-state index < -0.39 is 8.80 Å². The SMILES string of the molecule is C[SiH](C)C1=CC=CC1.[NaH]. The van der Waals surface area contributed by atoms with Crippen molar-refractivity contribution in [3.8, 4) is 0 Å². The molecular weight excluding hydrogens is 135 g/mol. The van der Waals surface area contributed by atoms with Crippen LogP contribution in [-0.2, 0) is 0 Å². The molecule has 0 spiro atoms. The van der Waals surface area contributed by atoms with Crippen molar-refractivity contribution in [2.75, 3.05) is 0 Å². The molecule has 46 valence electrons. The normalized spacial score (nSPS) is 15.7. The summed E-state index contributed by atoms with van der Waals surface area (Å²) in [6, 6.07) is 0. The van der Waals surface area contributed by atoms with Crippen molar-refractivity contribution in [1.29, 1.82) is 0 Å². The van der Waals surface area contributed by atoms with Gasteiger partial charge in [0.25, 0.3) is 0 Å². The van der Waals surface area contributed by atoms with Crippen LogP contribution in [0.25, 0.3) is 0 Å². The van der Waals surface area contributed by atoms with E-state index in [0.29, 0.717) is 0 Å². The minimum absolute atomic E-state index is 0. The fraction of sp³-hybridized carbons (Fsp3) is 0.429. The van der Waals surface area contributed by atoms with Gasteiger partial charge in [-0.3, -0.25) is 0 Å². The third kappa shape index (κ3) is 2.85. The van der Waals surface area contributed by atoms with Crippen LogP contribution < -0.4 is 0 Å². The van der Waals surface area contributed by atoms with Crippen LogP contribution >= 0.6 is 0 Å². The molecule has 0 saturated heterocycles. The van der Waals surface area contributed by atoms with Crippen molar-refractivity contribution in [3.63, 3.8) is 0 Å². The molecule has 0 radical (unpaired) electrons. The van der Waals surface area contributed by atoms with Crippen LogP contribution in [0.5, 0.6) is 0 Å². The molecule has 0 N–H and O–H groups in total. The van der Waals surface area contributed by atoms with E-state index in [2.05, 4.69) is 31.3 Å². The summed E-state index contributed by atoms with van der Waals surface area (Å²) >= 11 is 0. The maximum atomic E-state index is 2.37. The van der Waals surface area contributed by atoms with Crippen LogP contribution in [0, 0.1) is 0 Å². The Bertz CT molecular complexity index is 136. The van der Waals surface area contributed by atoms with Gasteiger partial charge in [0.15, 0.2) is 0 Å². The maximum absolute atomic E-state index is 2.37. The van der Waals surface area contributed by atoms with Crippen LogP contribution in [0.1, 0.15) is 6.42 Å². The Balaban J connectivity index is 0.000000640. The predicted molar refractivity (Wildman–Crippen MR) is 47.9 cm³/mol. The molecular formula is C7H13NaSi. The summed E-state index contributed by atoms with van der Waals surface area (Å²) in [5, 5.41) is 1.70. The van der Waals surface area contributed by atoms with Crippen LogP contribution in [0.4, 0.5) is 0 Å². The summed E-state index contributed by atoms with van der Waals surface area (Å²) in [6.45, 7) is 4.75. The molecule has 0 heterocycles. The second-order valence-electron chi connectivity index (χ2n) is 2.53. The minimum atomic E-state index is -0.424. The molecule has 0 fully saturated rings. The van der Waals surface area contributed by atoms with Gasteiger partial charge in [0.05, 0.1) is 8.80 Å². The molecule has 0 aromatic rings. The Hall–Kier alpha value is 0.697. The van der Waals surface area contributed by atoms with Gasteiger partial charge in [-0.2, -0.15) is 0 Å². The number of rotatable bonds is 1.